The van der Waals surface area contributed by atoms with Crippen molar-refractivity contribution >= 4 is 17.6 Å². The van der Waals surface area contributed by atoms with Gasteiger partial charge in [0.25, 0.3) is 0 Å². The number of likely N-dealkylation sites (N-methyl/N-ethyl adjacent to an activating group) is 1. The highest BCUT2D eigenvalue weighted by Gasteiger charge is 2.25. The Bertz CT molecular complexity index is 741. The van der Waals surface area contributed by atoms with Crippen molar-refractivity contribution in [3.05, 3.63) is 60.2 Å². The van der Waals surface area contributed by atoms with Crippen molar-refractivity contribution in [1.82, 2.24) is 4.90 Å². The highest BCUT2D eigenvalue weighted by molar-refractivity contribution is 5.95. The van der Waals surface area contributed by atoms with E-state index in [4.69, 9.17) is 4.74 Å². The first-order chi connectivity index (χ1) is 12.1. The molecule has 1 amide bonds. The summed E-state index contributed by atoms with van der Waals surface area (Å²) in [6.07, 6.45) is 1.48. The Morgan fingerprint density at radius 3 is 2.32 bits per heavy atom. The van der Waals surface area contributed by atoms with Crippen LogP contribution in [0.3, 0.4) is 0 Å². The molecule has 1 aliphatic rings. The molecule has 0 spiro atoms. The number of rotatable bonds is 5. The second-order valence-corrected chi connectivity index (χ2v) is 6.34. The summed E-state index contributed by atoms with van der Waals surface area (Å²) >= 11 is 0. The van der Waals surface area contributed by atoms with Crippen LogP contribution in [0.25, 0.3) is 0 Å². The zero-order valence-corrected chi connectivity index (χ0v) is 14.5. The Labute approximate surface area is 147 Å². The molecule has 130 valence electrons. The van der Waals surface area contributed by atoms with E-state index in [0.717, 1.165) is 24.2 Å². The average Bonchev–Trinajstić information content (AvgIpc) is 3.02. The van der Waals surface area contributed by atoms with Gasteiger partial charge < -0.3 is 9.64 Å². The Morgan fingerprint density at radius 1 is 1.08 bits per heavy atom. The van der Waals surface area contributed by atoms with Gasteiger partial charge in [-0.3, -0.25) is 9.69 Å². The molecule has 0 aromatic heterocycles. The molecule has 1 fully saturated rings. The summed E-state index contributed by atoms with van der Waals surface area (Å²) in [5.41, 5.74) is 1.73. The molecule has 1 atom stereocenters. The van der Waals surface area contributed by atoms with Gasteiger partial charge in [-0.2, -0.15) is 0 Å². The quantitative estimate of drug-likeness (QED) is 0.621. The Morgan fingerprint density at radius 2 is 1.76 bits per heavy atom. The van der Waals surface area contributed by atoms with Gasteiger partial charge in [0.1, 0.15) is 11.8 Å². The molecule has 5 nitrogen and oxygen atoms in total. The highest BCUT2D eigenvalue weighted by atomic mass is 16.5. The van der Waals surface area contributed by atoms with Crippen molar-refractivity contribution in [3.63, 3.8) is 0 Å². The van der Waals surface area contributed by atoms with E-state index in [0.29, 0.717) is 12.2 Å². The zero-order valence-electron chi connectivity index (χ0n) is 14.5. The molecular formula is C20H22N2O3. The standard InChI is InChI=1S/C20H22N2O3/c1-21(2)19(15-7-4-3-5-8-15)20(24)25-17-12-10-16(11-13-17)22-14-6-9-18(22)23/h3-5,7-8,10-13,19H,6,9,14H2,1-2H3/t19-/m1/s1. The van der Waals surface area contributed by atoms with Gasteiger partial charge in [0, 0.05) is 18.7 Å². The second-order valence-electron chi connectivity index (χ2n) is 6.34. The molecule has 2 aromatic carbocycles. The summed E-state index contributed by atoms with van der Waals surface area (Å²) in [5, 5.41) is 0. The van der Waals surface area contributed by atoms with Crippen LogP contribution in [0.15, 0.2) is 54.6 Å². The number of nitrogens with zero attached hydrogens (tertiary/aromatic N) is 2. The van der Waals surface area contributed by atoms with Gasteiger partial charge in [-0.25, -0.2) is 4.79 Å². The first-order valence-electron chi connectivity index (χ1n) is 8.40. The summed E-state index contributed by atoms with van der Waals surface area (Å²) in [5.74, 6) is 0.283. The van der Waals surface area contributed by atoms with Crippen LogP contribution >= 0.6 is 0 Å². The lowest BCUT2D eigenvalue weighted by Gasteiger charge is -2.23. The van der Waals surface area contributed by atoms with Crippen molar-refractivity contribution in [2.24, 2.45) is 0 Å². The number of esters is 1. The molecule has 1 saturated heterocycles. The van der Waals surface area contributed by atoms with Crippen molar-refractivity contribution in [1.29, 1.82) is 0 Å². The molecule has 1 heterocycles. The number of ether oxygens (including phenoxy) is 1. The van der Waals surface area contributed by atoms with Gasteiger partial charge in [0.05, 0.1) is 0 Å². The lowest BCUT2D eigenvalue weighted by molar-refractivity contribution is -0.139. The fraction of sp³-hybridized carbons (Fsp3) is 0.300. The minimum absolute atomic E-state index is 0.140. The molecule has 25 heavy (non-hydrogen) atoms. The largest absolute Gasteiger partial charge is 0.425 e. The van der Waals surface area contributed by atoms with Crippen LogP contribution in [0.5, 0.6) is 5.75 Å². The topological polar surface area (TPSA) is 49.9 Å². The Balaban J connectivity index is 1.72. The fourth-order valence-electron chi connectivity index (χ4n) is 3.07. The lowest BCUT2D eigenvalue weighted by atomic mass is 10.1. The SMILES string of the molecule is CN(C)[C@@H](C(=O)Oc1ccc(N2CCCC2=O)cc1)c1ccccc1. The fourth-order valence-corrected chi connectivity index (χ4v) is 3.07. The van der Waals surface area contributed by atoms with Gasteiger partial charge in [0.15, 0.2) is 0 Å². The molecule has 0 unspecified atom stereocenters. The second kappa shape index (κ2) is 7.49. The van der Waals surface area contributed by atoms with E-state index in [9.17, 15) is 9.59 Å². The van der Waals surface area contributed by atoms with Crippen LogP contribution in [0.4, 0.5) is 5.69 Å². The number of anilines is 1. The maximum Gasteiger partial charge on any atom is 0.333 e. The third-order valence-corrected chi connectivity index (χ3v) is 4.30. The van der Waals surface area contributed by atoms with Gasteiger partial charge in [-0.1, -0.05) is 30.3 Å². The number of hydrogen-bond acceptors (Lipinski definition) is 4. The monoisotopic (exact) mass is 338 g/mol. The minimum atomic E-state index is -0.471. The minimum Gasteiger partial charge on any atom is -0.425 e. The molecule has 0 radical (unpaired) electrons. The molecule has 0 aliphatic carbocycles. The first-order valence-corrected chi connectivity index (χ1v) is 8.40. The zero-order chi connectivity index (χ0) is 17.8. The first kappa shape index (κ1) is 17.2. The number of benzene rings is 2. The van der Waals surface area contributed by atoms with Crippen LogP contribution in [0, 0.1) is 0 Å². The predicted molar refractivity (Wildman–Crippen MR) is 96.5 cm³/mol. The van der Waals surface area contributed by atoms with Crippen LogP contribution in [0.2, 0.25) is 0 Å². The van der Waals surface area contributed by atoms with E-state index in [1.165, 1.54) is 0 Å². The summed E-state index contributed by atoms with van der Waals surface area (Å²) in [7, 11) is 3.70. The van der Waals surface area contributed by atoms with E-state index in [-0.39, 0.29) is 11.9 Å². The number of hydrogen-bond donors (Lipinski definition) is 0. The van der Waals surface area contributed by atoms with Gasteiger partial charge in [0.2, 0.25) is 5.91 Å². The molecule has 2 aromatic rings. The summed E-state index contributed by atoms with van der Waals surface area (Å²) in [4.78, 5) is 28.0. The third-order valence-electron chi connectivity index (χ3n) is 4.30. The molecule has 1 aliphatic heterocycles. The molecular weight excluding hydrogens is 316 g/mol. The Kier molecular flexibility index (Phi) is 5.14. The lowest BCUT2D eigenvalue weighted by Crippen LogP contribution is -2.31. The van der Waals surface area contributed by atoms with Gasteiger partial charge in [-0.05, 0) is 50.3 Å². The third kappa shape index (κ3) is 3.88. The van der Waals surface area contributed by atoms with Gasteiger partial charge in [-0.15, -0.1) is 0 Å². The summed E-state index contributed by atoms with van der Waals surface area (Å²) in [6.45, 7) is 0.745. The van der Waals surface area contributed by atoms with Crippen molar-refractivity contribution in [2.45, 2.75) is 18.9 Å². The number of carbonyl (C=O) groups excluding carboxylic acids is 2. The smallest absolute Gasteiger partial charge is 0.333 e. The van der Waals surface area contributed by atoms with Crippen LogP contribution < -0.4 is 9.64 Å². The molecule has 0 bridgehead atoms. The van der Waals surface area contributed by atoms with Crippen molar-refractivity contribution < 1.29 is 14.3 Å². The maximum atomic E-state index is 12.6. The summed E-state index contributed by atoms with van der Waals surface area (Å²) in [6, 6.07) is 16.2. The van der Waals surface area contributed by atoms with Crippen LogP contribution in [-0.4, -0.2) is 37.4 Å². The van der Waals surface area contributed by atoms with Crippen molar-refractivity contribution in [2.75, 3.05) is 25.5 Å². The van der Waals surface area contributed by atoms with Crippen molar-refractivity contribution in [3.8, 4) is 5.75 Å². The normalized spacial score (nSPS) is 15.5. The molecule has 3 rings (SSSR count). The van der Waals surface area contributed by atoms with Crippen LogP contribution in [-0.2, 0) is 9.59 Å². The van der Waals surface area contributed by atoms with E-state index in [1.807, 2.05) is 61.5 Å². The number of amides is 1. The van der Waals surface area contributed by atoms with E-state index < -0.39 is 6.04 Å². The molecule has 0 saturated carbocycles. The highest BCUT2D eigenvalue weighted by Crippen LogP contribution is 2.26. The molecule has 0 N–H and O–H groups in total. The number of carbonyl (C=O) groups is 2. The van der Waals surface area contributed by atoms with Crippen LogP contribution in [0.1, 0.15) is 24.4 Å². The average molecular weight is 338 g/mol. The van der Waals surface area contributed by atoms with E-state index in [2.05, 4.69) is 0 Å². The summed E-state index contributed by atoms with van der Waals surface area (Å²) < 4.78 is 5.55. The van der Waals surface area contributed by atoms with E-state index >= 15 is 0 Å². The maximum absolute atomic E-state index is 12.6. The Hall–Kier alpha value is -2.66. The predicted octanol–water partition coefficient (Wildman–Crippen LogP) is 3.02. The van der Waals surface area contributed by atoms with Gasteiger partial charge >= 0.3 is 5.97 Å². The molecule has 5 heteroatoms. The van der Waals surface area contributed by atoms with E-state index in [1.54, 1.807) is 17.0 Å².